The van der Waals surface area contributed by atoms with Gasteiger partial charge in [-0.1, -0.05) is 61.5 Å². The normalized spacial score (nSPS) is 15.7. The molecule has 0 atom stereocenters. The van der Waals surface area contributed by atoms with Gasteiger partial charge in [0.15, 0.2) is 5.58 Å². The number of anilines is 2. The van der Waals surface area contributed by atoms with Gasteiger partial charge in [0.1, 0.15) is 17.7 Å². The summed E-state index contributed by atoms with van der Waals surface area (Å²) in [5.74, 6) is 0.605. The van der Waals surface area contributed by atoms with Crippen LogP contribution < -0.4 is 11.1 Å². The van der Waals surface area contributed by atoms with Gasteiger partial charge in [0.05, 0.1) is 5.69 Å². The number of carbonyl (C=O) groups excluding carboxylic acids is 1. The average Bonchev–Trinajstić information content (AvgIpc) is 3.74. The van der Waals surface area contributed by atoms with E-state index in [0.717, 1.165) is 53.1 Å². The Balaban J connectivity index is 0.000000211. The molecular formula is C36H43N7O2. The lowest BCUT2D eigenvalue weighted by Crippen LogP contribution is -2.30. The third-order valence-corrected chi connectivity index (χ3v) is 8.19. The second-order valence-corrected chi connectivity index (χ2v) is 11.4. The van der Waals surface area contributed by atoms with Crippen LogP contribution in [0.1, 0.15) is 50.3 Å². The molecule has 4 aromatic rings. The number of amides is 1. The zero-order chi connectivity index (χ0) is 31.6. The van der Waals surface area contributed by atoms with Crippen LogP contribution >= 0.6 is 0 Å². The van der Waals surface area contributed by atoms with E-state index in [1.165, 1.54) is 51.5 Å². The van der Waals surface area contributed by atoms with Crippen LogP contribution in [0, 0.1) is 6.92 Å². The Bertz CT molecular complexity index is 1640. The highest BCUT2D eigenvalue weighted by molar-refractivity contribution is 5.88. The molecule has 6 rings (SSSR count). The fourth-order valence-electron chi connectivity index (χ4n) is 5.77. The van der Waals surface area contributed by atoms with Crippen molar-refractivity contribution in [2.24, 2.45) is 0 Å². The standard InChI is InChI=1S/C23H21N5O.C13H22N2O/c1-4-18(21-15(3)25-13-26-22(21)24)14(2)27-23-28-19-12-17(10-11-20(19)29-23)16-8-6-5-7-9-16;16-13(15-11-4-5-12-15)7-6-10-14-8-2-1-3-9-14/h4-13H,2H2,1,3H3,(H,27,28)(H2,24,25,26);6-7H,1-5,8-12H2/b18-4-;7-6+. The highest BCUT2D eigenvalue weighted by Gasteiger charge is 2.17. The summed E-state index contributed by atoms with van der Waals surface area (Å²) in [6.07, 6.45) is 13.5. The summed E-state index contributed by atoms with van der Waals surface area (Å²) in [6.45, 7) is 13.2. The van der Waals surface area contributed by atoms with Crippen LogP contribution in [-0.2, 0) is 4.79 Å². The average molecular weight is 606 g/mol. The number of nitrogens with one attached hydrogen (secondary N) is 1. The minimum absolute atomic E-state index is 0.203. The van der Waals surface area contributed by atoms with Crippen molar-refractivity contribution in [1.82, 2.24) is 24.8 Å². The monoisotopic (exact) mass is 605 g/mol. The van der Waals surface area contributed by atoms with Gasteiger partial charge in [-0.3, -0.25) is 9.69 Å². The van der Waals surface area contributed by atoms with E-state index in [1.807, 2.05) is 67.3 Å². The van der Waals surface area contributed by atoms with Crippen molar-refractivity contribution in [2.75, 3.05) is 43.8 Å². The summed E-state index contributed by atoms with van der Waals surface area (Å²) in [4.78, 5) is 29.0. The van der Waals surface area contributed by atoms with Crippen LogP contribution in [0.4, 0.5) is 11.8 Å². The Morgan fingerprint density at radius 3 is 2.44 bits per heavy atom. The van der Waals surface area contributed by atoms with E-state index in [0.29, 0.717) is 23.1 Å². The largest absolute Gasteiger partial charge is 0.423 e. The highest BCUT2D eigenvalue weighted by atomic mass is 16.4. The summed E-state index contributed by atoms with van der Waals surface area (Å²) in [5.41, 5.74) is 12.7. The summed E-state index contributed by atoms with van der Waals surface area (Å²) < 4.78 is 5.85. The first kappa shape index (κ1) is 31.7. The van der Waals surface area contributed by atoms with Crippen LogP contribution in [0.15, 0.2) is 89.8 Å². The number of nitrogens with zero attached hydrogens (tertiary/aromatic N) is 5. The van der Waals surface area contributed by atoms with Gasteiger partial charge in [-0.2, -0.15) is 4.98 Å². The molecule has 2 aromatic carbocycles. The molecule has 2 fully saturated rings. The number of hydrogen-bond donors (Lipinski definition) is 2. The predicted molar refractivity (Wildman–Crippen MR) is 182 cm³/mol. The minimum atomic E-state index is 0.203. The zero-order valence-corrected chi connectivity index (χ0v) is 26.3. The summed E-state index contributed by atoms with van der Waals surface area (Å²) >= 11 is 0. The highest BCUT2D eigenvalue weighted by Crippen LogP contribution is 2.30. The molecule has 2 saturated heterocycles. The number of oxazole rings is 1. The molecule has 0 radical (unpaired) electrons. The van der Waals surface area contributed by atoms with Gasteiger partial charge in [-0.05, 0) is 75.9 Å². The molecule has 2 aliphatic rings. The van der Waals surface area contributed by atoms with Gasteiger partial charge in [0.2, 0.25) is 5.91 Å². The van der Waals surface area contributed by atoms with E-state index in [1.54, 1.807) is 6.08 Å². The first-order chi connectivity index (χ1) is 21.9. The van der Waals surface area contributed by atoms with Crippen molar-refractivity contribution in [3.05, 3.63) is 96.6 Å². The van der Waals surface area contributed by atoms with Gasteiger partial charge in [0.25, 0.3) is 6.01 Å². The maximum Gasteiger partial charge on any atom is 0.300 e. The smallest absolute Gasteiger partial charge is 0.300 e. The summed E-state index contributed by atoms with van der Waals surface area (Å²) in [5, 5.41) is 3.14. The number of allylic oxidation sites excluding steroid dienone is 2. The van der Waals surface area contributed by atoms with E-state index in [9.17, 15) is 4.79 Å². The zero-order valence-electron chi connectivity index (χ0n) is 26.3. The molecule has 1 amide bonds. The fraction of sp³-hybridized carbons (Fsp3) is 0.333. The fourth-order valence-corrected chi connectivity index (χ4v) is 5.77. The molecule has 45 heavy (non-hydrogen) atoms. The molecule has 9 heteroatoms. The Kier molecular flexibility index (Phi) is 10.8. The lowest BCUT2D eigenvalue weighted by atomic mass is 10.0. The third kappa shape index (κ3) is 8.25. The number of carbonyl (C=O) groups is 1. The molecular weight excluding hydrogens is 562 g/mol. The molecule has 234 valence electrons. The first-order valence-electron chi connectivity index (χ1n) is 15.8. The number of aromatic nitrogens is 3. The lowest BCUT2D eigenvalue weighted by molar-refractivity contribution is -0.125. The van der Waals surface area contributed by atoms with Gasteiger partial charge >= 0.3 is 0 Å². The molecule has 0 spiro atoms. The van der Waals surface area contributed by atoms with Crippen LogP contribution in [0.25, 0.3) is 27.8 Å². The maximum atomic E-state index is 11.7. The maximum absolute atomic E-state index is 11.7. The number of likely N-dealkylation sites (tertiary alicyclic amines) is 2. The van der Waals surface area contributed by atoms with E-state index < -0.39 is 0 Å². The Morgan fingerprint density at radius 2 is 1.73 bits per heavy atom. The third-order valence-electron chi connectivity index (χ3n) is 8.19. The minimum Gasteiger partial charge on any atom is -0.423 e. The Morgan fingerprint density at radius 1 is 1.00 bits per heavy atom. The van der Waals surface area contributed by atoms with E-state index >= 15 is 0 Å². The lowest BCUT2D eigenvalue weighted by Gasteiger charge is -2.24. The summed E-state index contributed by atoms with van der Waals surface area (Å²) in [7, 11) is 0. The number of fused-ring (bicyclic) bond motifs is 1. The molecule has 0 bridgehead atoms. The van der Waals surface area contributed by atoms with Crippen molar-refractivity contribution in [1.29, 1.82) is 0 Å². The van der Waals surface area contributed by atoms with Crippen molar-refractivity contribution >= 4 is 34.4 Å². The topological polar surface area (TPSA) is 113 Å². The number of hydrogen-bond acceptors (Lipinski definition) is 8. The number of benzene rings is 2. The number of nitrogens with two attached hydrogens (primary N) is 1. The van der Waals surface area contributed by atoms with E-state index in [2.05, 4.69) is 43.9 Å². The van der Waals surface area contributed by atoms with Crippen LogP contribution in [0.5, 0.6) is 0 Å². The molecule has 0 unspecified atom stereocenters. The van der Waals surface area contributed by atoms with Gasteiger partial charge in [-0.25, -0.2) is 9.97 Å². The van der Waals surface area contributed by atoms with Crippen LogP contribution in [0.3, 0.4) is 0 Å². The first-order valence-corrected chi connectivity index (χ1v) is 15.8. The van der Waals surface area contributed by atoms with Crippen molar-refractivity contribution in [3.63, 3.8) is 0 Å². The molecule has 0 saturated carbocycles. The van der Waals surface area contributed by atoms with Crippen molar-refractivity contribution in [3.8, 4) is 11.1 Å². The Labute approximate surface area is 265 Å². The predicted octanol–water partition coefficient (Wildman–Crippen LogP) is 6.86. The van der Waals surface area contributed by atoms with E-state index in [-0.39, 0.29) is 5.91 Å². The summed E-state index contributed by atoms with van der Waals surface area (Å²) in [6, 6.07) is 16.5. The number of aryl methyl sites for hydroxylation is 1. The van der Waals surface area contributed by atoms with Crippen LogP contribution in [-0.4, -0.2) is 63.4 Å². The molecule has 4 heterocycles. The number of nitrogen functional groups attached to an aromatic ring is 1. The van der Waals surface area contributed by atoms with E-state index in [4.69, 9.17) is 10.2 Å². The second-order valence-electron chi connectivity index (χ2n) is 11.4. The quantitative estimate of drug-likeness (QED) is 0.166. The number of rotatable bonds is 8. The number of piperidine rings is 1. The molecule has 0 aliphatic carbocycles. The van der Waals surface area contributed by atoms with Gasteiger partial charge < -0.3 is 20.4 Å². The molecule has 2 aliphatic heterocycles. The van der Waals surface area contributed by atoms with Crippen LogP contribution in [0.2, 0.25) is 0 Å². The van der Waals surface area contributed by atoms with Gasteiger partial charge in [0, 0.05) is 42.5 Å². The Hall–Kier alpha value is -4.76. The SMILES string of the molecule is C=C(Nc1nc2cc(-c3ccccc3)ccc2o1)/C(=C/C)c1c(C)ncnc1N.O=C(/C=C/CN1CCCCC1)N1CCCC1. The molecule has 3 N–H and O–H groups in total. The van der Waals surface area contributed by atoms with Crippen molar-refractivity contribution in [2.45, 2.75) is 46.0 Å². The second kappa shape index (κ2) is 15.3. The van der Waals surface area contributed by atoms with Crippen molar-refractivity contribution < 1.29 is 9.21 Å². The molecule has 9 nitrogen and oxygen atoms in total. The van der Waals surface area contributed by atoms with Gasteiger partial charge in [-0.15, -0.1) is 0 Å². The molecule has 2 aromatic heterocycles.